The summed E-state index contributed by atoms with van der Waals surface area (Å²) in [5.41, 5.74) is -1.29. The van der Waals surface area contributed by atoms with Crippen molar-refractivity contribution < 1.29 is 24.0 Å². The number of hydrogen-bond donors (Lipinski definition) is 1. The molecule has 1 aromatic heterocycles. The van der Waals surface area contributed by atoms with Crippen LogP contribution < -0.4 is 5.32 Å². The van der Waals surface area contributed by atoms with E-state index in [2.05, 4.69) is 19.8 Å². The number of rotatable bonds is 5. The van der Waals surface area contributed by atoms with Crippen LogP contribution in [0.5, 0.6) is 0 Å². The van der Waals surface area contributed by atoms with Crippen molar-refractivity contribution in [3.05, 3.63) is 26.9 Å². The molecular formula is C11H12ClN3O6. The second kappa shape index (κ2) is 7.39. The van der Waals surface area contributed by atoms with Gasteiger partial charge in [-0.3, -0.25) is 15.4 Å². The van der Waals surface area contributed by atoms with E-state index in [4.69, 9.17) is 11.6 Å². The monoisotopic (exact) mass is 317 g/mol. The van der Waals surface area contributed by atoms with Crippen molar-refractivity contribution in [1.82, 2.24) is 4.98 Å². The predicted octanol–water partition coefficient (Wildman–Crippen LogP) is 2.39. The van der Waals surface area contributed by atoms with Gasteiger partial charge >= 0.3 is 17.7 Å². The number of nitro groups is 1. The Labute approximate surface area is 124 Å². The van der Waals surface area contributed by atoms with Crippen molar-refractivity contribution >= 4 is 35.2 Å². The Balaban J connectivity index is 3.23. The normalized spacial score (nSPS) is 9.86. The van der Waals surface area contributed by atoms with Crippen molar-refractivity contribution in [1.29, 1.82) is 0 Å². The van der Waals surface area contributed by atoms with Gasteiger partial charge in [-0.25, -0.2) is 14.6 Å². The number of esters is 1. The first-order chi connectivity index (χ1) is 9.90. The Morgan fingerprint density at radius 3 is 2.52 bits per heavy atom. The highest BCUT2D eigenvalue weighted by molar-refractivity contribution is 6.33. The maximum absolute atomic E-state index is 11.7. The fourth-order valence-corrected chi connectivity index (χ4v) is 1.62. The minimum Gasteiger partial charge on any atom is -0.461 e. The number of carbonyl (C=O) groups excluding carboxylic acids is 2. The average molecular weight is 318 g/mol. The molecule has 0 aliphatic carbocycles. The number of nitrogens with zero attached hydrogens (tertiary/aromatic N) is 2. The first-order valence-electron chi connectivity index (χ1n) is 5.86. The Bertz CT molecular complexity index is 577. The fraction of sp³-hybridized carbons (Fsp3) is 0.364. The summed E-state index contributed by atoms with van der Waals surface area (Å²) >= 11 is 5.75. The van der Waals surface area contributed by atoms with Crippen LogP contribution in [0.25, 0.3) is 0 Å². The molecule has 0 atom stereocenters. The molecule has 1 amide bonds. The lowest BCUT2D eigenvalue weighted by atomic mass is 10.3. The lowest BCUT2D eigenvalue weighted by molar-refractivity contribution is -0.385. The van der Waals surface area contributed by atoms with E-state index in [1.54, 1.807) is 6.92 Å². The van der Waals surface area contributed by atoms with Crippen LogP contribution in [0.2, 0.25) is 5.02 Å². The molecule has 0 radical (unpaired) electrons. The van der Waals surface area contributed by atoms with Crippen molar-refractivity contribution in [2.24, 2.45) is 0 Å². The molecular weight excluding hydrogens is 306 g/mol. The molecule has 114 valence electrons. The van der Waals surface area contributed by atoms with E-state index in [9.17, 15) is 19.7 Å². The van der Waals surface area contributed by atoms with Crippen LogP contribution in [0, 0.1) is 10.1 Å². The number of ether oxygens (including phenoxy) is 2. The molecule has 0 unspecified atom stereocenters. The van der Waals surface area contributed by atoms with E-state index >= 15 is 0 Å². The summed E-state index contributed by atoms with van der Waals surface area (Å²) < 4.78 is 9.30. The summed E-state index contributed by atoms with van der Waals surface area (Å²) in [4.78, 5) is 36.8. The Kier molecular flexibility index (Phi) is 5.85. The van der Waals surface area contributed by atoms with Crippen LogP contribution in [0.1, 0.15) is 24.3 Å². The molecule has 1 heterocycles. The number of hydrogen-bond acceptors (Lipinski definition) is 7. The SMILES string of the molecule is CCOC(=O)Nc1cc(Cl)c([N+](=O)[O-])c(C(=O)OCC)n1. The summed E-state index contributed by atoms with van der Waals surface area (Å²) in [7, 11) is 0. The Morgan fingerprint density at radius 1 is 1.38 bits per heavy atom. The van der Waals surface area contributed by atoms with E-state index in [0.29, 0.717) is 0 Å². The van der Waals surface area contributed by atoms with Gasteiger partial charge in [-0.15, -0.1) is 0 Å². The lowest BCUT2D eigenvalue weighted by Gasteiger charge is -2.08. The van der Waals surface area contributed by atoms with Crippen molar-refractivity contribution in [2.75, 3.05) is 18.5 Å². The zero-order valence-corrected chi connectivity index (χ0v) is 12.0. The predicted molar refractivity (Wildman–Crippen MR) is 72.5 cm³/mol. The molecule has 9 nitrogen and oxygen atoms in total. The smallest absolute Gasteiger partial charge is 0.412 e. The zero-order chi connectivity index (χ0) is 16.0. The maximum Gasteiger partial charge on any atom is 0.412 e. The summed E-state index contributed by atoms with van der Waals surface area (Å²) in [5.74, 6) is -1.18. The van der Waals surface area contributed by atoms with Gasteiger partial charge in [0.15, 0.2) is 0 Å². The van der Waals surface area contributed by atoms with Crippen LogP contribution in [0.15, 0.2) is 6.07 Å². The van der Waals surface area contributed by atoms with E-state index in [0.717, 1.165) is 6.07 Å². The zero-order valence-electron chi connectivity index (χ0n) is 11.2. The van der Waals surface area contributed by atoms with Gasteiger partial charge in [-0.05, 0) is 13.8 Å². The van der Waals surface area contributed by atoms with Gasteiger partial charge in [0.05, 0.1) is 18.1 Å². The highest BCUT2D eigenvalue weighted by Crippen LogP contribution is 2.30. The number of carbonyl (C=O) groups is 2. The third kappa shape index (κ3) is 4.28. The van der Waals surface area contributed by atoms with Gasteiger partial charge < -0.3 is 9.47 Å². The summed E-state index contributed by atoms with van der Waals surface area (Å²) in [5, 5.41) is 12.8. The van der Waals surface area contributed by atoms with Gasteiger partial charge in [-0.2, -0.15) is 0 Å². The van der Waals surface area contributed by atoms with Crippen molar-refractivity contribution in [3.8, 4) is 0 Å². The third-order valence-corrected chi connectivity index (χ3v) is 2.39. The van der Waals surface area contributed by atoms with Crippen LogP contribution in [0.4, 0.5) is 16.3 Å². The molecule has 1 rings (SSSR count). The summed E-state index contributed by atoms with van der Waals surface area (Å²) in [6, 6.07) is 1.04. The minimum absolute atomic E-state index is 0.00478. The highest BCUT2D eigenvalue weighted by atomic mass is 35.5. The van der Waals surface area contributed by atoms with Crippen LogP contribution in [0.3, 0.4) is 0 Å². The molecule has 10 heteroatoms. The first kappa shape index (κ1) is 16.6. The van der Waals surface area contributed by atoms with E-state index in [1.807, 2.05) is 0 Å². The van der Waals surface area contributed by atoms with Gasteiger partial charge in [0.25, 0.3) is 0 Å². The molecule has 0 saturated heterocycles. The number of aromatic nitrogens is 1. The molecule has 0 aliphatic rings. The molecule has 0 bridgehead atoms. The van der Waals surface area contributed by atoms with E-state index in [-0.39, 0.29) is 24.1 Å². The van der Waals surface area contributed by atoms with Gasteiger partial charge in [0.2, 0.25) is 5.69 Å². The van der Waals surface area contributed by atoms with Crippen molar-refractivity contribution in [2.45, 2.75) is 13.8 Å². The van der Waals surface area contributed by atoms with Crippen LogP contribution in [-0.4, -0.2) is 35.2 Å². The highest BCUT2D eigenvalue weighted by Gasteiger charge is 2.28. The quantitative estimate of drug-likeness (QED) is 0.502. The van der Waals surface area contributed by atoms with Gasteiger partial charge in [-0.1, -0.05) is 11.6 Å². The third-order valence-electron chi connectivity index (χ3n) is 2.10. The number of halogens is 1. The Morgan fingerprint density at radius 2 is 2.00 bits per heavy atom. The fourth-order valence-electron chi connectivity index (χ4n) is 1.36. The summed E-state index contributed by atoms with van der Waals surface area (Å²) in [6.45, 7) is 3.26. The molecule has 0 fully saturated rings. The largest absolute Gasteiger partial charge is 0.461 e. The standard InChI is InChI=1S/C11H12ClN3O6/c1-3-20-10(16)8-9(15(18)19)6(12)5-7(13-8)14-11(17)21-4-2/h5H,3-4H2,1-2H3,(H,13,14,17). The van der Waals surface area contributed by atoms with Crippen LogP contribution >= 0.6 is 11.6 Å². The maximum atomic E-state index is 11.7. The number of nitrogens with one attached hydrogen (secondary N) is 1. The van der Waals surface area contributed by atoms with Gasteiger partial charge in [0.1, 0.15) is 10.8 Å². The Hall–Kier alpha value is -2.42. The van der Waals surface area contributed by atoms with E-state index < -0.39 is 28.4 Å². The molecule has 21 heavy (non-hydrogen) atoms. The molecule has 1 N–H and O–H groups in total. The second-order valence-electron chi connectivity index (χ2n) is 3.51. The molecule has 1 aromatic rings. The second-order valence-corrected chi connectivity index (χ2v) is 3.92. The lowest BCUT2D eigenvalue weighted by Crippen LogP contribution is -2.17. The minimum atomic E-state index is -1.02. The topological polar surface area (TPSA) is 121 Å². The van der Waals surface area contributed by atoms with Gasteiger partial charge in [0, 0.05) is 6.07 Å². The van der Waals surface area contributed by atoms with Crippen LogP contribution in [-0.2, 0) is 9.47 Å². The van der Waals surface area contributed by atoms with Crippen molar-refractivity contribution in [3.63, 3.8) is 0 Å². The number of anilines is 1. The molecule has 0 aliphatic heterocycles. The van der Waals surface area contributed by atoms with E-state index in [1.165, 1.54) is 6.92 Å². The number of amides is 1. The molecule has 0 aromatic carbocycles. The average Bonchev–Trinajstić information content (AvgIpc) is 2.37. The first-order valence-corrected chi connectivity index (χ1v) is 6.24. The molecule has 0 saturated carbocycles. The number of pyridine rings is 1. The molecule has 0 spiro atoms. The summed E-state index contributed by atoms with van der Waals surface area (Å²) in [6.07, 6.45) is -0.829.